The first-order chi connectivity index (χ1) is 11.0. The second-order valence-electron chi connectivity index (χ2n) is 6.19. The number of nitrogens with zero attached hydrogens (tertiary/aromatic N) is 2. The third kappa shape index (κ3) is 4.20. The Morgan fingerprint density at radius 1 is 1.09 bits per heavy atom. The number of likely N-dealkylation sites (N-methyl/N-ethyl adjacent to an activating group) is 2. The molecule has 1 aromatic carbocycles. The third-order valence-electron chi connectivity index (χ3n) is 4.96. The highest BCUT2D eigenvalue weighted by atomic mass is 35.5. The standard InChI is InChI=1S/C18H26Cl2N2O/c1-4-22(5-2)17-9-7-6-8-16(17)21(3)18(23)13-10-11-14(19)15(20)12-13/h10-12,16-17H,4-9H2,1-3H3/t16-,17-/m0/s1. The van der Waals surface area contributed by atoms with Gasteiger partial charge in [0.1, 0.15) is 0 Å². The van der Waals surface area contributed by atoms with Crippen LogP contribution in [0.4, 0.5) is 0 Å². The van der Waals surface area contributed by atoms with Crippen molar-refractivity contribution in [1.29, 1.82) is 0 Å². The van der Waals surface area contributed by atoms with Gasteiger partial charge in [0.15, 0.2) is 0 Å². The molecule has 1 saturated carbocycles. The van der Waals surface area contributed by atoms with Crippen LogP contribution < -0.4 is 0 Å². The Bertz CT molecular complexity index is 546. The molecule has 0 heterocycles. The minimum Gasteiger partial charge on any atom is -0.337 e. The minimum absolute atomic E-state index is 0.0209. The van der Waals surface area contributed by atoms with Gasteiger partial charge in [0, 0.05) is 24.7 Å². The molecule has 1 amide bonds. The van der Waals surface area contributed by atoms with Crippen molar-refractivity contribution in [2.75, 3.05) is 20.1 Å². The maximum atomic E-state index is 12.9. The summed E-state index contributed by atoms with van der Waals surface area (Å²) < 4.78 is 0. The lowest BCUT2D eigenvalue weighted by atomic mass is 9.87. The van der Waals surface area contributed by atoms with Gasteiger partial charge in [0.05, 0.1) is 10.0 Å². The van der Waals surface area contributed by atoms with Crippen LogP contribution in [0.1, 0.15) is 49.9 Å². The smallest absolute Gasteiger partial charge is 0.253 e. The van der Waals surface area contributed by atoms with Crippen LogP contribution in [0.25, 0.3) is 0 Å². The number of benzene rings is 1. The Hall–Kier alpha value is -0.770. The molecule has 1 fully saturated rings. The van der Waals surface area contributed by atoms with Gasteiger partial charge >= 0.3 is 0 Å². The SMILES string of the molecule is CCN(CC)[C@H]1CCCC[C@@H]1N(C)C(=O)c1ccc(Cl)c(Cl)c1. The van der Waals surface area contributed by atoms with Gasteiger partial charge in [0.25, 0.3) is 5.91 Å². The van der Waals surface area contributed by atoms with Crippen molar-refractivity contribution in [2.24, 2.45) is 0 Å². The van der Waals surface area contributed by atoms with Gasteiger partial charge in [-0.3, -0.25) is 9.69 Å². The molecule has 3 nitrogen and oxygen atoms in total. The first-order valence-corrected chi connectivity index (χ1v) is 9.21. The summed E-state index contributed by atoms with van der Waals surface area (Å²) >= 11 is 12.0. The molecule has 0 aliphatic heterocycles. The minimum atomic E-state index is 0.0209. The predicted molar refractivity (Wildman–Crippen MR) is 97.5 cm³/mol. The van der Waals surface area contributed by atoms with Crippen molar-refractivity contribution >= 4 is 29.1 Å². The highest BCUT2D eigenvalue weighted by Gasteiger charge is 2.33. The molecule has 0 bridgehead atoms. The quantitative estimate of drug-likeness (QED) is 0.761. The number of carbonyl (C=O) groups excluding carboxylic acids is 1. The molecule has 0 saturated heterocycles. The van der Waals surface area contributed by atoms with Gasteiger partial charge in [-0.1, -0.05) is 49.9 Å². The highest BCUT2D eigenvalue weighted by molar-refractivity contribution is 6.42. The summed E-state index contributed by atoms with van der Waals surface area (Å²) in [5.74, 6) is 0.0209. The molecule has 1 aliphatic rings. The van der Waals surface area contributed by atoms with Crippen molar-refractivity contribution in [2.45, 2.75) is 51.6 Å². The molecule has 128 valence electrons. The molecule has 0 aromatic heterocycles. The third-order valence-corrected chi connectivity index (χ3v) is 5.70. The Labute approximate surface area is 149 Å². The number of hydrogen-bond acceptors (Lipinski definition) is 2. The van der Waals surface area contributed by atoms with E-state index in [1.54, 1.807) is 18.2 Å². The monoisotopic (exact) mass is 356 g/mol. The average molecular weight is 357 g/mol. The topological polar surface area (TPSA) is 23.6 Å². The Kier molecular flexibility index (Phi) is 6.75. The van der Waals surface area contributed by atoms with E-state index in [2.05, 4.69) is 18.7 Å². The second kappa shape index (κ2) is 8.36. The summed E-state index contributed by atoms with van der Waals surface area (Å²) in [6, 6.07) is 5.80. The molecule has 0 N–H and O–H groups in total. The summed E-state index contributed by atoms with van der Waals surface area (Å²) in [4.78, 5) is 17.2. The van der Waals surface area contributed by atoms with Crippen molar-refractivity contribution in [1.82, 2.24) is 9.80 Å². The Morgan fingerprint density at radius 3 is 2.26 bits per heavy atom. The van der Waals surface area contributed by atoms with E-state index in [9.17, 15) is 4.79 Å². The number of halogens is 2. The van der Waals surface area contributed by atoms with E-state index in [-0.39, 0.29) is 11.9 Å². The molecule has 1 aliphatic carbocycles. The molecule has 0 radical (unpaired) electrons. The zero-order valence-corrected chi connectivity index (χ0v) is 15.7. The van der Waals surface area contributed by atoms with Crippen molar-refractivity contribution in [3.05, 3.63) is 33.8 Å². The van der Waals surface area contributed by atoms with E-state index in [1.165, 1.54) is 12.8 Å². The van der Waals surface area contributed by atoms with Crippen LogP contribution in [0.5, 0.6) is 0 Å². The zero-order chi connectivity index (χ0) is 17.0. The van der Waals surface area contributed by atoms with Gasteiger partial charge in [-0.15, -0.1) is 0 Å². The van der Waals surface area contributed by atoms with Crippen LogP contribution in [0.3, 0.4) is 0 Å². The molecule has 5 heteroatoms. The predicted octanol–water partition coefficient (Wildman–Crippen LogP) is 4.72. The van der Waals surface area contributed by atoms with Gasteiger partial charge in [-0.25, -0.2) is 0 Å². The fourth-order valence-electron chi connectivity index (χ4n) is 3.65. The molecule has 2 rings (SSSR count). The van der Waals surface area contributed by atoms with E-state index in [0.29, 0.717) is 21.7 Å². The summed E-state index contributed by atoms with van der Waals surface area (Å²) in [6.45, 7) is 6.42. The van der Waals surface area contributed by atoms with E-state index in [4.69, 9.17) is 23.2 Å². The second-order valence-corrected chi connectivity index (χ2v) is 7.00. The maximum absolute atomic E-state index is 12.9. The van der Waals surface area contributed by atoms with E-state index >= 15 is 0 Å². The van der Waals surface area contributed by atoms with Crippen LogP contribution in [0.2, 0.25) is 10.0 Å². The average Bonchev–Trinajstić information content (AvgIpc) is 2.57. The van der Waals surface area contributed by atoms with Crippen LogP contribution in [0, 0.1) is 0 Å². The molecule has 0 spiro atoms. The molecular formula is C18H26Cl2N2O. The Morgan fingerprint density at radius 2 is 1.70 bits per heavy atom. The van der Waals surface area contributed by atoms with E-state index in [1.807, 2.05) is 11.9 Å². The first kappa shape index (κ1) is 18.6. The van der Waals surface area contributed by atoms with Crippen LogP contribution >= 0.6 is 23.2 Å². The van der Waals surface area contributed by atoms with Crippen molar-refractivity contribution in [3.63, 3.8) is 0 Å². The number of hydrogen-bond donors (Lipinski definition) is 0. The Balaban J connectivity index is 2.19. The highest BCUT2D eigenvalue weighted by Crippen LogP contribution is 2.29. The fourth-order valence-corrected chi connectivity index (χ4v) is 3.94. The summed E-state index contributed by atoms with van der Waals surface area (Å²) in [5.41, 5.74) is 0.603. The zero-order valence-electron chi connectivity index (χ0n) is 14.2. The molecule has 1 aromatic rings. The lowest BCUT2D eigenvalue weighted by Gasteiger charge is -2.43. The molecule has 0 unspecified atom stereocenters. The fraction of sp³-hybridized carbons (Fsp3) is 0.611. The van der Waals surface area contributed by atoms with Gasteiger partial charge in [-0.05, 0) is 44.1 Å². The summed E-state index contributed by atoms with van der Waals surface area (Å²) in [7, 11) is 1.91. The van der Waals surface area contributed by atoms with Gasteiger partial charge < -0.3 is 4.90 Å². The van der Waals surface area contributed by atoms with Crippen LogP contribution in [-0.4, -0.2) is 47.9 Å². The normalized spacial score (nSPS) is 21.5. The molecular weight excluding hydrogens is 331 g/mol. The van der Waals surface area contributed by atoms with Crippen LogP contribution in [0.15, 0.2) is 18.2 Å². The van der Waals surface area contributed by atoms with E-state index < -0.39 is 0 Å². The van der Waals surface area contributed by atoms with Crippen molar-refractivity contribution in [3.8, 4) is 0 Å². The molecule has 23 heavy (non-hydrogen) atoms. The van der Waals surface area contributed by atoms with E-state index in [0.717, 1.165) is 25.9 Å². The number of amides is 1. The van der Waals surface area contributed by atoms with Gasteiger partial charge in [-0.2, -0.15) is 0 Å². The lowest BCUT2D eigenvalue weighted by Crippen LogP contribution is -2.53. The maximum Gasteiger partial charge on any atom is 0.253 e. The molecule has 2 atom stereocenters. The van der Waals surface area contributed by atoms with Crippen molar-refractivity contribution < 1.29 is 4.79 Å². The van der Waals surface area contributed by atoms with Crippen LogP contribution in [-0.2, 0) is 0 Å². The first-order valence-electron chi connectivity index (χ1n) is 8.45. The number of rotatable bonds is 5. The largest absolute Gasteiger partial charge is 0.337 e. The summed E-state index contributed by atoms with van der Waals surface area (Å²) in [5, 5.41) is 0.902. The number of carbonyl (C=O) groups is 1. The lowest BCUT2D eigenvalue weighted by molar-refractivity contribution is 0.0465. The summed E-state index contributed by atoms with van der Waals surface area (Å²) in [6.07, 6.45) is 4.64. The van der Waals surface area contributed by atoms with Gasteiger partial charge in [0.2, 0.25) is 0 Å².